The maximum atomic E-state index is 12.1. The zero-order valence-electron chi connectivity index (χ0n) is 10.3. The van der Waals surface area contributed by atoms with Gasteiger partial charge in [-0.25, -0.2) is 4.98 Å². The number of nitrogens with zero attached hydrogens (tertiary/aromatic N) is 2. The van der Waals surface area contributed by atoms with Crippen LogP contribution in [0.5, 0.6) is 0 Å². The van der Waals surface area contributed by atoms with E-state index in [9.17, 15) is 4.79 Å². The smallest absolute Gasteiger partial charge is 0.244 e. The molecule has 1 amide bonds. The van der Waals surface area contributed by atoms with Crippen LogP contribution in [0.15, 0.2) is 22.8 Å². The number of piperazine rings is 1. The third-order valence-electron chi connectivity index (χ3n) is 2.91. The summed E-state index contributed by atoms with van der Waals surface area (Å²) in [6.45, 7) is 4.85. The van der Waals surface area contributed by atoms with Crippen LogP contribution in [0.2, 0.25) is 0 Å². The van der Waals surface area contributed by atoms with E-state index in [2.05, 4.69) is 31.5 Å². The number of nitrogens with one attached hydrogen (secondary N) is 2. The van der Waals surface area contributed by atoms with Gasteiger partial charge in [0, 0.05) is 32.4 Å². The monoisotopic (exact) mass is 312 g/mol. The normalized spacial score (nSPS) is 19.7. The lowest BCUT2D eigenvalue weighted by Crippen LogP contribution is -2.58. The second kappa shape index (κ2) is 6.15. The van der Waals surface area contributed by atoms with Crippen molar-refractivity contribution in [2.24, 2.45) is 0 Å². The molecule has 2 N–H and O–H groups in total. The van der Waals surface area contributed by atoms with Gasteiger partial charge in [-0.05, 0) is 35.0 Å². The molecule has 18 heavy (non-hydrogen) atoms. The van der Waals surface area contributed by atoms with Crippen LogP contribution in [0.3, 0.4) is 0 Å². The van der Waals surface area contributed by atoms with Gasteiger partial charge in [0.2, 0.25) is 5.91 Å². The first kappa shape index (κ1) is 13.3. The summed E-state index contributed by atoms with van der Waals surface area (Å²) in [7, 11) is 0. The van der Waals surface area contributed by atoms with Crippen molar-refractivity contribution in [3.8, 4) is 0 Å². The lowest BCUT2D eigenvalue weighted by molar-refractivity contribution is -0.122. The van der Waals surface area contributed by atoms with Gasteiger partial charge in [0.1, 0.15) is 11.9 Å². The first-order valence-electron chi connectivity index (χ1n) is 6.09. The average Bonchev–Trinajstić information content (AvgIpc) is 2.40. The number of anilines is 1. The maximum Gasteiger partial charge on any atom is 0.244 e. The Bertz CT molecular complexity index is 426. The van der Waals surface area contributed by atoms with Gasteiger partial charge in [0.15, 0.2) is 0 Å². The van der Waals surface area contributed by atoms with Crippen molar-refractivity contribution in [2.45, 2.75) is 13.0 Å². The molecule has 1 atom stereocenters. The van der Waals surface area contributed by atoms with Gasteiger partial charge in [-0.15, -0.1) is 0 Å². The summed E-state index contributed by atoms with van der Waals surface area (Å²) in [6.07, 6.45) is 1.75. The first-order chi connectivity index (χ1) is 8.74. The van der Waals surface area contributed by atoms with Crippen LogP contribution in [0.25, 0.3) is 0 Å². The Kier molecular flexibility index (Phi) is 4.54. The van der Waals surface area contributed by atoms with E-state index in [0.29, 0.717) is 13.1 Å². The van der Waals surface area contributed by atoms with Gasteiger partial charge >= 0.3 is 0 Å². The highest BCUT2D eigenvalue weighted by Gasteiger charge is 2.30. The largest absolute Gasteiger partial charge is 0.355 e. The lowest BCUT2D eigenvalue weighted by atomic mass is 10.1. The van der Waals surface area contributed by atoms with Crippen molar-refractivity contribution >= 4 is 27.7 Å². The van der Waals surface area contributed by atoms with Gasteiger partial charge in [-0.1, -0.05) is 0 Å². The van der Waals surface area contributed by atoms with Crippen molar-refractivity contribution in [3.05, 3.63) is 22.8 Å². The SMILES string of the molecule is CCNC(=O)C1CNCCN1c1ncccc1Br. The third kappa shape index (κ3) is 2.81. The molecule has 0 radical (unpaired) electrons. The topological polar surface area (TPSA) is 57.3 Å². The van der Waals surface area contributed by atoms with Gasteiger partial charge in [-0.3, -0.25) is 4.79 Å². The summed E-state index contributed by atoms with van der Waals surface area (Å²) >= 11 is 3.49. The fraction of sp³-hybridized carbons (Fsp3) is 0.500. The number of aromatic nitrogens is 1. The van der Waals surface area contributed by atoms with Crippen LogP contribution < -0.4 is 15.5 Å². The van der Waals surface area contributed by atoms with Crippen LogP contribution in [-0.2, 0) is 4.79 Å². The van der Waals surface area contributed by atoms with Crippen LogP contribution in [0.1, 0.15) is 6.92 Å². The zero-order valence-corrected chi connectivity index (χ0v) is 11.9. The Morgan fingerprint density at radius 3 is 3.28 bits per heavy atom. The molecule has 0 saturated carbocycles. The number of carbonyl (C=O) groups is 1. The highest BCUT2D eigenvalue weighted by Crippen LogP contribution is 2.25. The summed E-state index contributed by atoms with van der Waals surface area (Å²) < 4.78 is 0.918. The summed E-state index contributed by atoms with van der Waals surface area (Å²) in [4.78, 5) is 18.5. The molecule has 1 aromatic heterocycles. The number of pyridine rings is 1. The summed E-state index contributed by atoms with van der Waals surface area (Å²) in [6, 6.07) is 3.61. The zero-order chi connectivity index (χ0) is 13.0. The fourth-order valence-corrected chi connectivity index (χ4v) is 2.56. The number of rotatable bonds is 3. The predicted molar refractivity (Wildman–Crippen MR) is 74.6 cm³/mol. The van der Waals surface area contributed by atoms with E-state index in [1.54, 1.807) is 6.20 Å². The Labute approximate surface area is 115 Å². The minimum atomic E-state index is -0.204. The summed E-state index contributed by atoms with van der Waals surface area (Å²) in [5.74, 6) is 0.873. The Morgan fingerprint density at radius 1 is 1.72 bits per heavy atom. The first-order valence-corrected chi connectivity index (χ1v) is 6.89. The minimum absolute atomic E-state index is 0.0438. The van der Waals surface area contributed by atoms with E-state index in [1.165, 1.54) is 0 Å². The van der Waals surface area contributed by atoms with Crippen LogP contribution in [0, 0.1) is 0 Å². The van der Waals surface area contributed by atoms with Crippen molar-refractivity contribution in [2.75, 3.05) is 31.1 Å². The molecule has 2 rings (SSSR count). The Balaban J connectivity index is 2.23. The lowest BCUT2D eigenvalue weighted by Gasteiger charge is -2.36. The molecule has 1 aliphatic heterocycles. The molecule has 6 heteroatoms. The van der Waals surface area contributed by atoms with Crippen LogP contribution in [0.4, 0.5) is 5.82 Å². The molecule has 1 saturated heterocycles. The van der Waals surface area contributed by atoms with Crippen LogP contribution >= 0.6 is 15.9 Å². The maximum absolute atomic E-state index is 12.1. The molecule has 0 aliphatic carbocycles. The highest BCUT2D eigenvalue weighted by molar-refractivity contribution is 9.10. The van der Waals surface area contributed by atoms with Crippen molar-refractivity contribution in [1.29, 1.82) is 0 Å². The molecule has 2 heterocycles. The molecular formula is C12H17BrN4O. The number of likely N-dealkylation sites (N-methyl/N-ethyl adjacent to an activating group) is 1. The molecule has 0 spiro atoms. The number of hydrogen-bond acceptors (Lipinski definition) is 4. The van der Waals surface area contributed by atoms with Crippen LogP contribution in [-0.4, -0.2) is 43.1 Å². The van der Waals surface area contributed by atoms with Crippen molar-refractivity contribution in [3.63, 3.8) is 0 Å². The highest BCUT2D eigenvalue weighted by atomic mass is 79.9. The van der Waals surface area contributed by atoms with E-state index in [1.807, 2.05) is 24.0 Å². The van der Waals surface area contributed by atoms with Gasteiger partial charge in [0.25, 0.3) is 0 Å². The van der Waals surface area contributed by atoms with E-state index >= 15 is 0 Å². The molecular weight excluding hydrogens is 296 g/mol. The van der Waals surface area contributed by atoms with Gasteiger partial charge < -0.3 is 15.5 Å². The molecule has 98 valence electrons. The third-order valence-corrected chi connectivity index (χ3v) is 3.53. The number of carbonyl (C=O) groups excluding carboxylic acids is 1. The average molecular weight is 313 g/mol. The number of hydrogen-bond donors (Lipinski definition) is 2. The molecule has 1 unspecified atom stereocenters. The Hall–Kier alpha value is -1.14. The number of halogens is 1. The standard InChI is InChI=1S/C12H17BrN4O/c1-2-15-12(18)10-8-14-6-7-17(10)11-9(13)4-3-5-16-11/h3-5,10,14H,2,6-8H2,1H3,(H,15,18). The van der Waals surface area contributed by atoms with Crippen molar-refractivity contribution in [1.82, 2.24) is 15.6 Å². The minimum Gasteiger partial charge on any atom is -0.355 e. The Morgan fingerprint density at radius 2 is 2.56 bits per heavy atom. The molecule has 1 aromatic rings. The van der Waals surface area contributed by atoms with Gasteiger partial charge in [0.05, 0.1) is 4.47 Å². The van der Waals surface area contributed by atoms with Crippen molar-refractivity contribution < 1.29 is 4.79 Å². The summed E-state index contributed by atoms with van der Waals surface area (Å²) in [5, 5.41) is 6.12. The second-order valence-electron chi connectivity index (χ2n) is 4.12. The predicted octanol–water partition coefficient (Wildman–Crippen LogP) is 0.758. The van der Waals surface area contributed by atoms with E-state index in [0.717, 1.165) is 23.4 Å². The fourth-order valence-electron chi connectivity index (χ4n) is 2.07. The van der Waals surface area contributed by atoms with E-state index in [-0.39, 0.29) is 11.9 Å². The molecule has 1 aliphatic rings. The quantitative estimate of drug-likeness (QED) is 0.865. The van der Waals surface area contributed by atoms with E-state index < -0.39 is 0 Å². The number of amides is 1. The van der Waals surface area contributed by atoms with Gasteiger partial charge in [-0.2, -0.15) is 0 Å². The second-order valence-corrected chi connectivity index (χ2v) is 4.97. The molecule has 0 aromatic carbocycles. The molecule has 0 bridgehead atoms. The van der Waals surface area contributed by atoms with E-state index in [4.69, 9.17) is 0 Å². The molecule has 1 fully saturated rings. The summed E-state index contributed by atoms with van der Waals surface area (Å²) in [5.41, 5.74) is 0. The molecule has 5 nitrogen and oxygen atoms in total.